The molecule has 2 aromatic rings. The van der Waals surface area contributed by atoms with Gasteiger partial charge in [0, 0.05) is 12.6 Å². The Labute approximate surface area is 143 Å². The van der Waals surface area contributed by atoms with E-state index >= 15 is 0 Å². The van der Waals surface area contributed by atoms with E-state index in [0.29, 0.717) is 46.6 Å². The van der Waals surface area contributed by atoms with Crippen molar-refractivity contribution in [1.82, 2.24) is 0 Å². The van der Waals surface area contributed by atoms with Gasteiger partial charge in [0.1, 0.15) is 5.75 Å². The van der Waals surface area contributed by atoms with Gasteiger partial charge in [0.2, 0.25) is 0 Å². The number of amides is 1. The lowest BCUT2D eigenvalue weighted by Gasteiger charge is -2.16. The van der Waals surface area contributed by atoms with Crippen LogP contribution < -0.4 is 9.64 Å². The van der Waals surface area contributed by atoms with Gasteiger partial charge in [-0.3, -0.25) is 9.59 Å². The van der Waals surface area contributed by atoms with Crippen LogP contribution >= 0.6 is 23.2 Å². The maximum Gasteiger partial charge on any atom is 0.299 e. The molecular formula is C17H13Cl2NO3. The van der Waals surface area contributed by atoms with Gasteiger partial charge in [-0.1, -0.05) is 35.3 Å². The number of Topliss-reactive ketones (excluding diaryl/α,β-unsaturated/α-hetero) is 1. The number of rotatable bonds is 5. The first-order valence-electron chi connectivity index (χ1n) is 7.11. The zero-order chi connectivity index (χ0) is 16.4. The van der Waals surface area contributed by atoms with E-state index < -0.39 is 11.7 Å². The average molecular weight is 350 g/mol. The van der Waals surface area contributed by atoms with Gasteiger partial charge < -0.3 is 9.64 Å². The summed E-state index contributed by atoms with van der Waals surface area (Å²) in [6.07, 6.45) is 0.591. The Kier molecular flexibility index (Phi) is 4.55. The number of carbonyl (C=O) groups excluding carboxylic acids is 2. The molecule has 0 saturated carbocycles. The predicted octanol–water partition coefficient (Wildman–Crippen LogP) is 3.99. The van der Waals surface area contributed by atoms with Crippen LogP contribution in [0.25, 0.3) is 0 Å². The van der Waals surface area contributed by atoms with Crippen molar-refractivity contribution in [2.75, 3.05) is 18.1 Å². The molecule has 23 heavy (non-hydrogen) atoms. The first-order valence-corrected chi connectivity index (χ1v) is 7.86. The molecule has 1 amide bonds. The molecule has 0 N–H and O–H groups in total. The lowest BCUT2D eigenvalue weighted by molar-refractivity contribution is -0.114. The molecule has 0 saturated heterocycles. The maximum absolute atomic E-state index is 12.0. The van der Waals surface area contributed by atoms with Gasteiger partial charge in [-0.15, -0.1) is 0 Å². The molecule has 0 aromatic heterocycles. The highest BCUT2D eigenvalue weighted by Crippen LogP contribution is 2.29. The van der Waals surface area contributed by atoms with E-state index in [1.807, 2.05) is 6.07 Å². The largest absolute Gasteiger partial charge is 0.493 e. The Hall–Kier alpha value is -2.04. The minimum Gasteiger partial charge on any atom is -0.493 e. The molecule has 0 fully saturated rings. The van der Waals surface area contributed by atoms with E-state index in [1.54, 1.807) is 36.4 Å². The molecule has 0 unspecified atom stereocenters. The molecular weight excluding hydrogens is 337 g/mol. The van der Waals surface area contributed by atoms with E-state index in [4.69, 9.17) is 27.9 Å². The fourth-order valence-corrected chi connectivity index (χ4v) is 2.74. The van der Waals surface area contributed by atoms with Crippen LogP contribution in [0.5, 0.6) is 5.75 Å². The van der Waals surface area contributed by atoms with Gasteiger partial charge in [0.05, 0.1) is 27.9 Å². The van der Waals surface area contributed by atoms with Crippen molar-refractivity contribution >= 4 is 40.6 Å². The third-order valence-electron chi connectivity index (χ3n) is 3.56. The van der Waals surface area contributed by atoms with Crippen molar-refractivity contribution in [1.29, 1.82) is 0 Å². The highest BCUT2D eigenvalue weighted by Gasteiger charge is 2.34. The van der Waals surface area contributed by atoms with Crippen LogP contribution in [0.2, 0.25) is 10.0 Å². The van der Waals surface area contributed by atoms with Crippen LogP contribution in [-0.2, 0) is 4.79 Å². The van der Waals surface area contributed by atoms with Crippen molar-refractivity contribution in [2.24, 2.45) is 0 Å². The Balaban J connectivity index is 1.58. The predicted molar refractivity (Wildman–Crippen MR) is 89.7 cm³/mol. The van der Waals surface area contributed by atoms with Gasteiger partial charge >= 0.3 is 0 Å². The number of anilines is 1. The highest BCUT2D eigenvalue weighted by atomic mass is 35.5. The van der Waals surface area contributed by atoms with Crippen molar-refractivity contribution in [3.63, 3.8) is 0 Å². The molecule has 4 nitrogen and oxygen atoms in total. The third-order valence-corrected chi connectivity index (χ3v) is 4.30. The molecule has 1 heterocycles. The number of ketones is 1. The van der Waals surface area contributed by atoms with Crippen LogP contribution in [0.4, 0.5) is 5.69 Å². The molecule has 0 atom stereocenters. The first kappa shape index (κ1) is 15.8. The molecule has 0 bridgehead atoms. The average Bonchev–Trinajstić information content (AvgIpc) is 2.80. The summed E-state index contributed by atoms with van der Waals surface area (Å²) >= 11 is 11.8. The van der Waals surface area contributed by atoms with Gasteiger partial charge in [-0.05, 0) is 30.7 Å². The molecule has 3 rings (SSSR count). The first-order chi connectivity index (χ1) is 11.1. The quantitative estimate of drug-likeness (QED) is 0.605. The van der Waals surface area contributed by atoms with Crippen LogP contribution in [-0.4, -0.2) is 24.8 Å². The standard InChI is InChI=1S/C17H13Cl2NO3/c18-13-7-6-11(10-14(13)19)23-9-3-8-20-15-5-2-1-4-12(15)16(21)17(20)22/h1-2,4-7,10H,3,8-9H2. The molecule has 2 aromatic carbocycles. The Morgan fingerprint density at radius 1 is 1.00 bits per heavy atom. The molecule has 0 radical (unpaired) electrons. The maximum atomic E-state index is 12.0. The second-order valence-electron chi connectivity index (χ2n) is 5.08. The smallest absolute Gasteiger partial charge is 0.299 e. The summed E-state index contributed by atoms with van der Waals surface area (Å²) in [4.78, 5) is 25.4. The van der Waals surface area contributed by atoms with Crippen LogP contribution in [0.15, 0.2) is 42.5 Å². The summed E-state index contributed by atoms with van der Waals surface area (Å²) in [6.45, 7) is 0.820. The third kappa shape index (κ3) is 3.19. The monoisotopic (exact) mass is 349 g/mol. The zero-order valence-corrected chi connectivity index (χ0v) is 13.6. The number of hydrogen-bond donors (Lipinski definition) is 0. The summed E-state index contributed by atoms with van der Waals surface area (Å²) in [5.41, 5.74) is 1.12. The van der Waals surface area contributed by atoms with Crippen molar-refractivity contribution < 1.29 is 14.3 Å². The number of nitrogens with zero attached hydrogens (tertiary/aromatic N) is 1. The van der Waals surface area contributed by atoms with Gasteiger partial charge in [0.15, 0.2) is 0 Å². The summed E-state index contributed by atoms with van der Waals surface area (Å²) in [5.74, 6) is -0.324. The topological polar surface area (TPSA) is 46.6 Å². The van der Waals surface area contributed by atoms with Crippen LogP contribution in [0, 0.1) is 0 Å². The van der Waals surface area contributed by atoms with Crippen molar-refractivity contribution in [3.05, 3.63) is 58.1 Å². The normalized spacial score (nSPS) is 13.4. The van der Waals surface area contributed by atoms with E-state index in [0.717, 1.165) is 0 Å². The van der Waals surface area contributed by atoms with E-state index in [-0.39, 0.29) is 0 Å². The lowest BCUT2D eigenvalue weighted by atomic mass is 10.1. The second-order valence-corrected chi connectivity index (χ2v) is 5.90. The van der Waals surface area contributed by atoms with Gasteiger partial charge in [-0.2, -0.15) is 0 Å². The van der Waals surface area contributed by atoms with E-state index in [1.165, 1.54) is 4.90 Å². The van der Waals surface area contributed by atoms with Crippen molar-refractivity contribution in [3.8, 4) is 5.75 Å². The SMILES string of the molecule is O=C1C(=O)N(CCCOc2ccc(Cl)c(Cl)c2)c2ccccc21. The molecule has 1 aliphatic heterocycles. The highest BCUT2D eigenvalue weighted by molar-refractivity contribution is 6.52. The van der Waals surface area contributed by atoms with Gasteiger partial charge in [-0.25, -0.2) is 0 Å². The fourth-order valence-electron chi connectivity index (χ4n) is 2.45. The lowest BCUT2D eigenvalue weighted by Crippen LogP contribution is -2.31. The van der Waals surface area contributed by atoms with Crippen LogP contribution in [0.1, 0.15) is 16.8 Å². The van der Waals surface area contributed by atoms with E-state index in [2.05, 4.69) is 0 Å². The number of halogens is 2. The number of carbonyl (C=O) groups is 2. The van der Waals surface area contributed by atoms with E-state index in [9.17, 15) is 9.59 Å². The summed E-state index contributed by atoms with van der Waals surface area (Å²) in [6, 6.07) is 12.0. The molecule has 0 aliphatic carbocycles. The van der Waals surface area contributed by atoms with Crippen molar-refractivity contribution in [2.45, 2.75) is 6.42 Å². The summed E-state index contributed by atoms with van der Waals surface area (Å²) in [5, 5.41) is 0.898. The number of para-hydroxylation sites is 1. The minimum absolute atomic E-state index is 0.401. The molecule has 1 aliphatic rings. The fraction of sp³-hybridized carbons (Fsp3) is 0.176. The molecule has 118 valence electrons. The van der Waals surface area contributed by atoms with Gasteiger partial charge in [0.25, 0.3) is 11.7 Å². The molecule has 6 heteroatoms. The summed E-state index contributed by atoms with van der Waals surface area (Å²) in [7, 11) is 0. The number of ether oxygens (including phenoxy) is 1. The Morgan fingerprint density at radius 3 is 2.57 bits per heavy atom. The zero-order valence-electron chi connectivity index (χ0n) is 12.1. The Morgan fingerprint density at radius 2 is 1.78 bits per heavy atom. The minimum atomic E-state index is -0.485. The Bertz CT molecular complexity index is 776. The number of fused-ring (bicyclic) bond motifs is 1. The van der Waals surface area contributed by atoms with Crippen LogP contribution in [0.3, 0.4) is 0 Å². The number of hydrogen-bond acceptors (Lipinski definition) is 3. The molecule has 0 spiro atoms. The number of benzene rings is 2. The summed E-state index contributed by atoms with van der Waals surface area (Å²) < 4.78 is 5.59. The second kappa shape index (κ2) is 6.60.